The van der Waals surface area contributed by atoms with Gasteiger partial charge in [-0.2, -0.15) is 0 Å². The van der Waals surface area contributed by atoms with E-state index in [-0.39, 0.29) is 0 Å². The van der Waals surface area contributed by atoms with Gasteiger partial charge in [0.1, 0.15) is 5.75 Å². The second-order valence-electron chi connectivity index (χ2n) is 2.46. The van der Waals surface area contributed by atoms with Crippen LogP contribution in [0.2, 0.25) is 0 Å². The van der Waals surface area contributed by atoms with Gasteiger partial charge in [-0.3, -0.25) is 0 Å². The van der Waals surface area contributed by atoms with E-state index in [2.05, 4.69) is 5.32 Å². The van der Waals surface area contributed by atoms with Crippen molar-refractivity contribution in [1.29, 1.82) is 0 Å². The highest BCUT2D eigenvalue weighted by Crippen LogP contribution is 2.02. The van der Waals surface area contributed by atoms with E-state index < -0.39 is 0 Å². The lowest BCUT2D eigenvalue weighted by atomic mass is 10.3. The van der Waals surface area contributed by atoms with Gasteiger partial charge in [-0.05, 0) is 12.1 Å². The van der Waals surface area contributed by atoms with E-state index in [0.29, 0.717) is 17.5 Å². The van der Waals surface area contributed by atoms with Crippen molar-refractivity contribution >= 4 is 23.2 Å². The first-order chi connectivity index (χ1) is 6.81. The fraction of sp³-hybridized carbons (Fsp3) is 0.400. The fourth-order valence-corrected chi connectivity index (χ4v) is 0.954. The molecule has 2 N–H and O–H groups in total. The van der Waals surface area contributed by atoms with E-state index >= 15 is 0 Å². The number of rotatable bonds is 4. The predicted octanol–water partition coefficient (Wildman–Crippen LogP) is 2.45. The Labute approximate surface area is 94.8 Å². The van der Waals surface area contributed by atoms with Crippen LogP contribution in [0.25, 0.3) is 0 Å². The average molecular weight is 236 g/mol. The van der Waals surface area contributed by atoms with Gasteiger partial charge in [0.25, 0.3) is 0 Å². The standard InChI is InChI=1S/C6H6O.C4H9Cl2N/c7-6-4-2-1-3-5-6;5-1-3-7-4-2-6/h1-5,7H;7H,1-4H2. The van der Waals surface area contributed by atoms with Gasteiger partial charge in [0.2, 0.25) is 0 Å². The molecule has 0 unspecified atom stereocenters. The number of halogens is 2. The second-order valence-corrected chi connectivity index (χ2v) is 3.22. The lowest BCUT2D eigenvalue weighted by Gasteiger charge is -1.93. The molecule has 0 heterocycles. The first-order valence-corrected chi connectivity index (χ1v) is 5.44. The van der Waals surface area contributed by atoms with E-state index in [9.17, 15) is 0 Å². The van der Waals surface area contributed by atoms with Gasteiger partial charge in [0.05, 0.1) is 0 Å². The monoisotopic (exact) mass is 235 g/mol. The number of phenols is 1. The van der Waals surface area contributed by atoms with Gasteiger partial charge in [-0.15, -0.1) is 23.2 Å². The molecule has 0 aromatic heterocycles. The number of alkyl halides is 2. The van der Waals surface area contributed by atoms with Crippen molar-refractivity contribution in [2.75, 3.05) is 24.8 Å². The summed E-state index contributed by atoms with van der Waals surface area (Å²) in [5.74, 6) is 1.65. The van der Waals surface area contributed by atoms with Crippen molar-refractivity contribution in [3.05, 3.63) is 30.3 Å². The molecule has 0 amide bonds. The van der Waals surface area contributed by atoms with Crippen molar-refractivity contribution in [1.82, 2.24) is 5.32 Å². The first kappa shape index (κ1) is 13.6. The Morgan fingerprint density at radius 1 is 1.00 bits per heavy atom. The molecule has 80 valence electrons. The summed E-state index contributed by atoms with van der Waals surface area (Å²) in [5, 5.41) is 11.7. The number of phenolic OH excluding ortho intramolecular Hbond substituents is 1. The predicted molar refractivity (Wildman–Crippen MR) is 62.4 cm³/mol. The van der Waals surface area contributed by atoms with Crippen LogP contribution in [0.4, 0.5) is 0 Å². The molecule has 0 aliphatic heterocycles. The van der Waals surface area contributed by atoms with E-state index in [1.165, 1.54) is 0 Å². The number of para-hydroxylation sites is 1. The maximum Gasteiger partial charge on any atom is 0.115 e. The highest BCUT2D eigenvalue weighted by Gasteiger charge is 1.79. The van der Waals surface area contributed by atoms with E-state index in [1.807, 2.05) is 6.07 Å². The zero-order valence-corrected chi connectivity index (χ0v) is 9.43. The van der Waals surface area contributed by atoms with Crippen LogP contribution in [0.5, 0.6) is 5.75 Å². The van der Waals surface area contributed by atoms with Crippen LogP contribution in [-0.2, 0) is 0 Å². The maximum absolute atomic E-state index is 8.63. The third-order valence-electron chi connectivity index (χ3n) is 1.30. The molecule has 0 saturated carbocycles. The number of nitrogens with one attached hydrogen (secondary N) is 1. The normalized spacial score (nSPS) is 9.00. The smallest absolute Gasteiger partial charge is 0.115 e. The van der Waals surface area contributed by atoms with E-state index in [1.54, 1.807) is 24.3 Å². The van der Waals surface area contributed by atoms with E-state index in [0.717, 1.165) is 13.1 Å². The first-order valence-electron chi connectivity index (χ1n) is 4.38. The number of aromatic hydroxyl groups is 1. The summed E-state index contributed by atoms with van der Waals surface area (Å²) >= 11 is 10.7. The Morgan fingerprint density at radius 3 is 1.79 bits per heavy atom. The average Bonchev–Trinajstić information content (AvgIpc) is 2.21. The van der Waals surface area contributed by atoms with Crippen LogP contribution < -0.4 is 5.32 Å². The summed E-state index contributed by atoms with van der Waals surface area (Å²) in [6.07, 6.45) is 0. The van der Waals surface area contributed by atoms with Gasteiger partial charge in [-0.25, -0.2) is 0 Å². The zero-order chi connectivity index (χ0) is 10.6. The summed E-state index contributed by atoms with van der Waals surface area (Å²) in [6, 6.07) is 8.71. The van der Waals surface area contributed by atoms with E-state index in [4.69, 9.17) is 28.3 Å². The topological polar surface area (TPSA) is 32.3 Å². The molecule has 4 heteroatoms. The molecule has 1 rings (SSSR count). The summed E-state index contributed by atoms with van der Waals surface area (Å²) < 4.78 is 0. The summed E-state index contributed by atoms with van der Waals surface area (Å²) in [5.41, 5.74) is 0. The fourth-order valence-electron chi connectivity index (χ4n) is 0.687. The molecule has 0 saturated heterocycles. The summed E-state index contributed by atoms with van der Waals surface area (Å²) in [6.45, 7) is 1.71. The molecule has 0 aliphatic rings. The molecule has 0 radical (unpaired) electrons. The Balaban J connectivity index is 0.000000241. The molecular weight excluding hydrogens is 221 g/mol. The minimum atomic E-state index is 0.322. The zero-order valence-electron chi connectivity index (χ0n) is 7.92. The van der Waals surface area contributed by atoms with Gasteiger partial charge >= 0.3 is 0 Å². The van der Waals surface area contributed by atoms with Crippen molar-refractivity contribution in [3.8, 4) is 5.75 Å². The van der Waals surface area contributed by atoms with Crippen LogP contribution in [0.15, 0.2) is 30.3 Å². The maximum atomic E-state index is 8.63. The quantitative estimate of drug-likeness (QED) is 0.621. The van der Waals surface area contributed by atoms with Crippen LogP contribution in [0, 0.1) is 0 Å². The van der Waals surface area contributed by atoms with Crippen molar-refractivity contribution in [2.24, 2.45) is 0 Å². The SMILES string of the molecule is ClCCNCCCl.Oc1ccccc1. The third-order valence-corrected chi connectivity index (χ3v) is 1.68. The molecule has 14 heavy (non-hydrogen) atoms. The number of benzene rings is 1. The molecule has 2 nitrogen and oxygen atoms in total. The Hall–Kier alpha value is -0.440. The molecular formula is C10H15Cl2NO. The van der Waals surface area contributed by atoms with Gasteiger partial charge in [-0.1, -0.05) is 18.2 Å². The van der Waals surface area contributed by atoms with Crippen LogP contribution >= 0.6 is 23.2 Å². The van der Waals surface area contributed by atoms with Crippen molar-refractivity contribution < 1.29 is 5.11 Å². The highest BCUT2D eigenvalue weighted by atomic mass is 35.5. The molecule has 0 atom stereocenters. The van der Waals surface area contributed by atoms with Gasteiger partial charge in [0, 0.05) is 24.8 Å². The number of hydrogen-bond donors (Lipinski definition) is 2. The molecule has 0 bridgehead atoms. The van der Waals surface area contributed by atoms with Crippen molar-refractivity contribution in [2.45, 2.75) is 0 Å². The lowest BCUT2D eigenvalue weighted by Crippen LogP contribution is -2.18. The summed E-state index contributed by atoms with van der Waals surface area (Å²) in [4.78, 5) is 0. The molecule has 1 aromatic rings. The van der Waals surface area contributed by atoms with Gasteiger partial charge < -0.3 is 10.4 Å². The van der Waals surface area contributed by atoms with Crippen molar-refractivity contribution in [3.63, 3.8) is 0 Å². The third kappa shape index (κ3) is 9.65. The van der Waals surface area contributed by atoms with Crippen LogP contribution in [0.1, 0.15) is 0 Å². The highest BCUT2D eigenvalue weighted by molar-refractivity contribution is 6.18. The Kier molecular flexibility index (Phi) is 10.3. The minimum Gasteiger partial charge on any atom is -0.508 e. The molecule has 0 aliphatic carbocycles. The minimum absolute atomic E-state index is 0.322. The number of hydrogen-bond acceptors (Lipinski definition) is 2. The van der Waals surface area contributed by atoms with Crippen LogP contribution in [0.3, 0.4) is 0 Å². The Bertz CT molecular complexity index is 203. The summed E-state index contributed by atoms with van der Waals surface area (Å²) in [7, 11) is 0. The molecule has 0 spiro atoms. The van der Waals surface area contributed by atoms with Gasteiger partial charge in [0.15, 0.2) is 0 Å². The lowest BCUT2D eigenvalue weighted by molar-refractivity contribution is 0.475. The Morgan fingerprint density at radius 2 is 1.50 bits per heavy atom. The second kappa shape index (κ2) is 10.6. The molecule has 0 fully saturated rings. The molecule has 1 aromatic carbocycles. The van der Waals surface area contributed by atoms with Crippen LogP contribution in [-0.4, -0.2) is 30.0 Å². The largest absolute Gasteiger partial charge is 0.508 e.